The maximum atomic E-state index is 5.84. The average Bonchev–Trinajstić information content (AvgIpc) is 2.25. The number of hydrogen-bond acceptors (Lipinski definition) is 0. The zero-order chi connectivity index (χ0) is 10.7. The van der Waals surface area contributed by atoms with Crippen molar-refractivity contribution in [2.24, 2.45) is 0 Å². The molecule has 2 rings (SSSR count). The average molecular weight is 342 g/mol. The quantitative estimate of drug-likeness (QED) is 0.737. The van der Waals surface area contributed by atoms with Crippen molar-refractivity contribution in [2.75, 3.05) is 0 Å². The molecule has 0 unspecified atom stereocenters. The van der Waals surface area contributed by atoms with E-state index in [1.165, 1.54) is 7.16 Å². The first-order valence-electron chi connectivity index (χ1n) is 4.52. The molecule has 0 nitrogen and oxygen atoms in total. The molecule has 0 saturated carbocycles. The van der Waals surface area contributed by atoms with E-state index in [0.717, 1.165) is 10.0 Å². The minimum absolute atomic E-state index is 0.673. The number of hydrogen-bond donors (Lipinski definition) is 0. The van der Waals surface area contributed by atoms with Gasteiger partial charge in [-0.3, -0.25) is 0 Å². The number of halogens is 2. The summed E-state index contributed by atoms with van der Waals surface area (Å²) in [6.45, 7) is 0. The molecule has 0 saturated heterocycles. The van der Waals surface area contributed by atoms with E-state index >= 15 is 0 Å². The Morgan fingerprint density at radius 3 is 1.27 bits per heavy atom. The molecule has 74 valence electrons. The van der Waals surface area contributed by atoms with Crippen molar-refractivity contribution < 1.29 is 0 Å². The molecule has 15 heavy (non-hydrogen) atoms. The molecule has 0 N–H and O–H groups in total. The Bertz CT molecular complexity index is 391. The van der Waals surface area contributed by atoms with Crippen molar-refractivity contribution in [3.05, 3.63) is 58.6 Å². The summed E-state index contributed by atoms with van der Waals surface area (Å²) >= 11 is 11.0. The van der Waals surface area contributed by atoms with Crippen molar-refractivity contribution in [2.45, 2.75) is 0 Å². The topological polar surface area (TPSA) is 0 Å². The predicted octanol–water partition coefficient (Wildman–Crippen LogP) is 2.65. The molecule has 0 spiro atoms. The summed E-state index contributed by atoms with van der Waals surface area (Å²) in [6, 6.07) is 16.3. The fourth-order valence-corrected chi connectivity index (χ4v) is 4.34. The molecule has 3 heteroatoms. The first kappa shape index (κ1) is 11.3. The van der Waals surface area contributed by atoms with Crippen molar-refractivity contribution in [3.63, 3.8) is 0 Å². The van der Waals surface area contributed by atoms with Crippen LogP contribution in [0.5, 0.6) is 0 Å². The van der Waals surface area contributed by atoms with Crippen LogP contribution in [0.4, 0.5) is 0 Å². The van der Waals surface area contributed by atoms with E-state index in [1.54, 1.807) is 0 Å². The molecule has 0 aromatic heterocycles. The van der Waals surface area contributed by atoms with Crippen LogP contribution in [0, 0.1) is 0 Å². The third kappa shape index (κ3) is 3.40. The van der Waals surface area contributed by atoms with E-state index < -0.39 is 21.1 Å². The maximum absolute atomic E-state index is 5.84. The first-order valence-corrected chi connectivity index (χ1v) is 8.13. The molecular formula is C12H8Cl2Sn. The molecule has 0 fully saturated rings. The summed E-state index contributed by atoms with van der Waals surface area (Å²) in [5.41, 5.74) is 0. The van der Waals surface area contributed by atoms with Crippen LogP contribution in [-0.4, -0.2) is 21.1 Å². The van der Waals surface area contributed by atoms with E-state index in [0.29, 0.717) is 0 Å². The molecule has 0 amide bonds. The van der Waals surface area contributed by atoms with Gasteiger partial charge in [0.25, 0.3) is 0 Å². The zero-order valence-electron chi connectivity index (χ0n) is 7.87. The van der Waals surface area contributed by atoms with Gasteiger partial charge in [-0.15, -0.1) is 0 Å². The second kappa shape index (κ2) is 5.24. The third-order valence-electron chi connectivity index (χ3n) is 1.98. The van der Waals surface area contributed by atoms with Crippen LogP contribution in [0.25, 0.3) is 0 Å². The van der Waals surface area contributed by atoms with Crippen LogP contribution < -0.4 is 7.16 Å². The fourth-order valence-electron chi connectivity index (χ4n) is 1.23. The van der Waals surface area contributed by atoms with Crippen molar-refractivity contribution in [1.29, 1.82) is 0 Å². The van der Waals surface area contributed by atoms with Crippen LogP contribution in [0.15, 0.2) is 48.5 Å². The second-order valence-corrected chi connectivity index (χ2v) is 8.02. The zero-order valence-corrected chi connectivity index (χ0v) is 12.2. The SMILES string of the molecule is Clc1cc[c]([Sn][c]2ccc(Cl)cc2)cc1. The van der Waals surface area contributed by atoms with Gasteiger partial charge < -0.3 is 0 Å². The van der Waals surface area contributed by atoms with Gasteiger partial charge in [-0.2, -0.15) is 0 Å². The van der Waals surface area contributed by atoms with Gasteiger partial charge in [0.2, 0.25) is 0 Å². The molecule has 2 aromatic rings. The summed E-state index contributed by atoms with van der Waals surface area (Å²) < 4.78 is 2.84. The molecule has 2 radical (unpaired) electrons. The molecule has 0 aliphatic carbocycles. The van der Waals surface area contributed by atoms with Gasteiger partial charge in [0, 0.05) is 0 Å². The summed E-state index contributed by atoms with van der Waals surface area (Å²) in [7, 11) is 0. The molecule has 0 heterocycles. The summed E-state index contributed by atoms with van der Waals surface area (Å²) in [6.07, 6.45) is 0. The predicted molar refractivity (Wildman–Crippen MR) is 67.9 cm³/mol. The molecule has 0 aliphatic rings. The van der Waals surface area contributed by atoms with Crippen molar-refractivity contribution in [3.8, 4) is 0 Å². The standard InChI is InChI=1S/2C6H4Cl.Sn/c2*7-6-4-2-1-3-5-6;/h2*2-5H;. The van der Waals surface area contributed by atoms with Gasteiger partial charge in [-0.25, -0.2) is 0 Å². The Morgan fingerprint density at radius 2 is 0.933 bits per heavy atom. The molecule has 0 atom stereocenters. The van der Waals surface area contributed by atoms with Crippen LogP contribution in [0.2, 0.25) is 10.0 Å². The monoisotopic (exact) mass is 342 g/mol. The second-order valence-electron chi connectivity index (χ2n) is 3.14. The van der Waals surface area contributed by atoms with E-state index in [2.05, 4.69) is 24.3 Å². The van der Waals surface area contributed by atoms with Crippen molar-refractivity contribution >= 4 is 51.5 Å². The van der Waals surface area contributed by atoms with Gasteiger partial charge in [0.1, 0.15) is 0 Å². The van der Waals surface area contributed by atoms with Crippen molar-refractivity contribution in [1.82, 2.24) is 0 Å². The summed E-state index contributed by atoms with van der Waals surface area (Å²) in [5.74, 6) is 0. The van der Waals surface area contributed by atoms with E-state index in [1.807, 2.05) is 24.3 Å². The van der Waals surface area contributed by atoms with Crippen LogP contribution in [-0.2, 0) is 0 Å². The third-order valence-corrected chi connectivity index (χ3v) is 6.03. The molecular weight excluding hydrogens is 334 g/mol. The number of rotatable bonds is 2. The van der Waals surface area contributed by atoms with Gasteiger partial charge in [-0.1, -0.05) is 0 Å². The van der Waals surface area contributed by atoms with E-state index in [-0.39, 0.29) is 0 Å². The van der Waals surface area contributed by atoms with Gasteiger partial charge in [0.15, 0.2) is 0 Å². The van der Waals surface area contributed by atoms with Crippen LogP contribution in [0.1, 0.15) is 0 Å². The van der Waals surface area contributed by atoms with E-state index in [4.69, 9.17) is 23.2 Å². The Hall–Kier alpha value is -0.181. The Balaban J connectivity index is 2.15. The van der Waals surface area contributed by atoms with Gasteiger partial charge >= 0.3 is 110 Å². The number of benzene rings is 2. The van der Waals surface area contributed by atoms with Gasteiger partial charge in [-0.05, 0) is 0 Å². The molecule has 0 aliphatic heterocycles. The summed E-state index contributed by atoms with van der Waals surface area (Å²) in [4.78, 5) is 0. The van der Waals surface area contributed by atoms with Crippen LogP contribution >= 0.6 is 23.2 Å². The Morgan fingerprint density at radius 1 is 0.600 bits per heavy atom. The normalized spacial score (nSPS) is 10.3. The van der Waals surface area contributed by atoms with Crippen LogP contribution in [0.3, 0.4) is 0 Å². The van der Waals surface area contributed by atoms with Gasteiger partial charge in [0.05, 0.1) is 0 Å². The molecule has 0 bridgehead atoms. The fraction of sp³-hybridized carbons (Fsp3) is 0. The first-order chi connectivity index (χ1) is 7.24. The Labute approximate surface area is 109 Å². The Kier molecular flexibility index (Phi) is 3.95. The summed E-state index contributed by atoms with van der Waals surface area (Å²) in [5, 5.41) is 1.60. The molecule has 2 aromatic carbocycles. The van der Waals surface area contributed by atoms with E-state index in [9.17, 15) is 0 Å². The minimum atomic E-state index is -0.673.